The van der Waals surface area contributed by atoms with E-state index in [0.29, 0.717) is 0 Å². The van der Waals surface area contributed by atoms with E-state index in [1.54, 1.807) is 6.07 Å². The van der Waals surface area contributed by atoms with Gasteiger partial charge in [-0.1, -0.05) is 42.5 Å². The fraction of sp³-hybridized carbons (Fsp3) is 0. The van der Waals surface area contributed by atoms with Gasteiger partial charge in [0, 0.05) is 10.8 Å². The SMILES string of the molecule is O=C(OO)c1ccc2ccc3ccccc3c2n1. The molecule has 3 aromatic rings. The van der Waals surface area contributed by atoms with Crippen LogP contribution in [0.15, 0.2) is 48.5 Å². The first-order valence-corrected chi connectivity index (χ1v) is 5.44. The lowest BCUT2D eigenvalue weighted by Gasteiger charge is -2.04. The first-order valence-electron chi connectivity index (χ1n) is 5.44. The van der Waals surface area contributed by atoms with Gasteiger partial charge in [-0.25, -0.2) is 9.78 Å². The van der Waals surface area contributed by atoms with E-state index in [1.165, 1.54) is 6.07 Å². The lowest BCUT2D eigenvalue weighted by Crippen LogP contribution is -2.04. The number of hydrogen-bond donors (Lipinski definition) is 1. The van der Waals surface area contributed by atoms with Crippen LogP contribution in [0.5, 0.6) is 0 Å². The molecule has 18 heavy (non-hydrogen) atoms. The molecule has 1 aromatic heterocycles. The molecule has 88 valence electrons. The molecule has 3 rings (SSSR count). The van der Waals surface area contributed by atoms with Crippen molar-refractivity contribution in [2.24, 2.45) is 0 Å². The molecule has 0 saturated heterocycles. The molecular formula is C14H9NO3. The summed E-state index contributed by atoms with van der Waals surface area (Å²) in [6.45, 7) is 0. The molecule has 0 radical (unpaired) electrons. The third-order valence-corrected chi connectivity index (χ3v) is 2.88. The van der Waals surface area contributed by atoms with Gasteiger partial charge in [0.1, 0.15) is 0 Å². The maximum absolute atomic E-state index is 11.3. The van der Waals surface area contributed by atoms with Crippen LogP contribution in [0.4, 0.5) is 0 Å². The summed E-state index contributed by atoms with van der Waals surface area (Å²) >= 11 is 0. The average molecular weight is 239 g/mol. The van der Waals surface area contributed by atoms with Crippen molar-refractivity contribution >= 4 is 27.6 Å². The van der Waals surface area contributed by atoms with Crippen LogP contribution in [-0.4, -0.2) is 16.2 Å². The van der Waals surface area contributed by atoms with Gasteiger partial charge >= 0.3 is 5.97 Å². The maximum atomic E-state index is 11.3. The van der Waals surface area contributed by atoms with Crippen molar-refractivity contribution in [1.29, 1.82) is 0 Å². The largest absolute Gasteiger partial charge is 0.390 e. The molecule has 4 nitrogen and oxygen atoms in total. The Bertz CT molecular complexity index is 752. The molecule has 2 aromatic carbocycles. The second-order valence-electron chi connectivity index (χ2n) is 3.93. The van der Waals surface area contributed by atoms with Crippen LogP contribution in [0, 0.1) is 0 Å². The van der Waals surface area contributed by atoms with E-state index < -0.39 is 5.97 Å². The minimum absolute atomic E-state index is 0.0846. The Hall–Kier alpha value is -2.46. The second kappa shape index (κ2) is 4.09. The third kappa shape index (κ3) is 1.59. The fourth-order valence-corrected chi connectivity index (χ4v) is 2.02. The van der Waals surface area contributed by atoms with Gasteiger partial charge < -0.3 is 0 Å². The van der Waals surface area contributed by atoms with Gasteiger partial charge in [-0.3, -0.25) is 4.89 Å². The predicted molar refractivity (Wildman–Crippen MR) is 67.3 cm³/mol. The molecule has 0 amide bonds. The molecule has 0 unspecified atom stereocenters. The fourth-order valence-electron chi connectivity index (χ4n) is 2.02. The van der Waals surface area contributed by atoms with Crippen molar-refractivity contribution < 1.29 is 14.9 Å². The first-order chi connectivity index (χ1) is 8.79. The van der Waals surface area contributed by atoms with E-state index in [-0.39, 0.29) is 5.69 Å². The van der Waals surface area contributed by atoms with E-state index >= 15 is 0 Å². The van der Waals surface area contributed by atoms with Gasteiger partial charge in [-0.05, 0) is 11.5 Å². The van der Waals surface area contributed by atoms with Crippen LogP contribution in [0.2, 0.25) is 0 Å². The molecular weight excluding hydrogens is 230 g/mol. The van der Waals surface area contributed by atoms with E-state index in [1.807, 2.05) is 36.4 Å². The normalized spacial score (nSPS) is 10.7. The molecule has 0 aliphatic carbocycles. The third-order valence-electron chi connectivity index (χ3n) is 2.88. The van der Waals surface area contributed by atoms with Gasteiger partial charge in [-0.15, -0.1) is 0 Å². The van der Waals surface area contributed by atoms with Crippen LogP contribution in [0.3, 0.4) is 0 Å². The zero-order valence-electron chi connectivity index (χ0n) is 9.33. The highest BCUT2D eigenvalue weighted by molar-refractivity contribution is 6.06. The summed E-state index contributed by atoms with van der Waals surface area (Å²) in [5.41, 5.74) is 0.803. The molecule has 0 atom stereocenters. The number of carbonyl (C=O) groups is 1. The Morgan fingerprint density at radius 3 is 2.56 bits per heavy atom. The zero-order chi connectivity index (χ0) is 12.5. The van der Waals surface area contributed by atoms with Crippen LogP contribution in [0.1, 0.15) is 10.5 Å². The summed E-state index contributed by atoms with van der Waals surface area (Å²) < 4.78 is 0. The minimum Gasteiger partial charge on any atom is -0.294 e. The first kappa shape index (κ1) is 10.7. The summed E-state index contributed by atoms with van der Waals surface area (Å²) in [6, 6.07) is 15.0. The van der Waals surface area contributed by atoms with Crippen LogP contribution in [0.25, 0.3) is 21.7 Å². The van der Waals surface area contributed by atoms with Crippen molar-refractivity contribution in [3.8, 4) is 0 Å². The summed E-state index contributed by atoms with van der Waals surface area (Å²) in [7, 11) is 0. The molecule has 0 saturated carbocycles. The van der Waals surface area contributed by atoms with Crippen molar-refractivity contribution in [2.75, 3.05) is 0 Å². The highest BCUT2D eigenvalue weighted by atomic mass is 17.1. The maximum Gasteiger partial charge on any atom is 0.390 e. The van der Waals surface area contributed by atoms with Gasteiger partial charge in [-0.2, -0.15) is 5.26 Å². The Balaban J connectivity index is 2.36. The highest BCUT2D eigenvalue weighted by Crippen LogP contribution is 2.23. The van der Waals surface area contributed by atoms with E-state index in [2.05, 4.69) is 9.87 Å². The Morgan fingerprint density at radius 1 is 1.00 bits per heavy atom. The minimum atomic E-state index is -0.857. The molecule has 0 fully saturated rings. The number of hydrogen-bond acceptors (Lipinski definition) is 4. The molecule has 0 bridgehead atoms. The summed E-state index contributed by atoms with van der Waals surface area (Å²) in [5, 5.41) is 11.3. The summed E-state index contributed by atoms with van der Waals surface area (Å²) in [5.74, 6) is -0.857. The second-order valence-corrected chi connectivity index (χ2v) is 3.93. The molecule has 1 heterocycles. The molecule has 4 heteroatoms. The lowest BCUT2D eigenvalue weighted by atomic mass is 10.1. The van der Waals surface area contributed by atoms with E-state index in [0.717, 1.165) is 21.7 Å². The quantitative estimate of drug-likeness (QED) is 0.403. The van der Waals surface area contributed by atoms with Gasteiger partial charge in [0.05, 0.1) is 5.52 Å². The van der Waals surface area contributed by atoms with Crippen LogP contribution < -0.4 is 0 Å². The van der Waals surface area contributed by atoms with Gasteiger partial charge in [0.2, 0.25) is 0 Å². The Morgan fingerprint density at radius 2 is 1.72 bits per heavy atom. The molecule has 0 aliphatic rings. The number of fused-ring (bicyclic) bond motifs is 3. The zero-order valence-corrected chi connectivity index (χ0v) is 9.33. The monoisotopic (exact) mass is 239 g/mol. The molecule has 1 N–H and O–H groups in total. The lowest BCUT2D eigenvalue weighted by molar-refractivity contribution is -0.183. The van der Waals surface area contributed by atoms with E-state index in [9.17, 15) is 4.79 Å². The smallest absolute Gasteiger partial charge is 0.294 e. The number of benzene rings is 2. The summed E-state index contributed by atoms with van der Waals surface area (Å²) in [6.07, 6.45) is 0. The van der Waals surface area contributed by atoms with Crippen LogP contribution >= 0.6 is 0 Å². The molecule has 0 spiro atoms. The Labute approximate surface area is 102 Å². The number of nitrogens with zero attached hydrogens (tertiary/aromatic N) is 1. The van der Waals surface area contributed by atoms with Crippen molar-refractivity contribution in [3.05, 3.63) is 54.2 Å². The standard InChI is InChI=1S/C14H9NO3/c16-14(18-17)12-8-7-10-6-5-9-3-1-2-4-11(9)13(10)15-12/h1-8,17H. The number of rotatable bonds is 1. The molecule has 0 aliphatic heterocycles. The van der Waals surface area contributed by atoms with E-state index in [4.69, 9.17) is 5.26 Å². The van der Waals surface area contributed by atoms with Crippen molar-refractivity contribution in [1.82, 2.24) is 4.98 Å². The summed E-state index contributed by atoms with van der Waals surface area (Å²) in [4.78, 5) is 19.2. The van der Waals surface area contributed by atoms with Gasteiger partial charge in [0.15, 0.2) is 5.69 Å². The number of aromatic nitrogens is 1. The highest BCUT2D eigenvalue weighted by Gasteiger charge is 2.10. The average Bonchev–Trinajstić information content (AvgIpc) is 2.45. The number of pyridine rings is 1. The topological polar surface area (TPSA) is 59.4 Å². The van der Waals surface area contributed by atoms with Crippen molar-refractivity contribution in [3.63, 3.8) is 0 Å². The van der Waals surface area contributed by atoms with Gasteiger partial charge in [0.25, 0.3) is 0 Å². The number of carbonyl (C=O) groups excluding carboxylic acids is 1. The Kier molecular flexibility index (Phi) is 2.42. The van der Waals surface area contributed by atoms with Crippen LogP contribution in [-0.2, 0) is 4.89 Å². The predicted octanol–water partition coefficient (Wildman–Crippen LogP) is 3.02. The van der Waals surface area contributed by atoms with Crippen molar-refractivity contribution in [2.45, 2.75) is 0 Å².